The van der Waals surface area contributed by atoms with E-state index in [0.29, 0.717) is 18.4 Å². The van der Waals surface area contributed by atoms with Crippen LogP contribution in [0.3, 0.4) is 0 Å². The first kappa shape index (κ1) is 22.3. The van der Waals surface area contributed by atoms with Crippen LogP contribution in [-0.4, -0.2) is 36.4 Å². The third-order valence-electron chi connectivity index (χ3n) is 8.88. The van der Waals surface area contributed by atoms with Crippen molar-refractivity contribution < 1.29 is 24.2 Å². The van der Waals surface area contributed by atoms with Gasteiger partial charge in [0.05, 0.1) is 19.3 Å². The first-order valence-electron chi connectivity index (χ1n) is 11.1. The maximum absolute atomic E-state index is 12.1. The Kier molecular flexibility index (Phi) is 5.94. The van der Waals surface area contributed by atoms with Crippen LogP contribution in [-0.2, 0) is 19.1 Å². The topological polar surface area (TPSA) is 72.8 Å². The summed E-state index contributed by atoms with van der Waals surface area (Å²) in [5, 5.41) is 12.0. The van der Waals surface area contributed by atoms with Crippen molar-refractivity contribution in [1.29, 1.82) is 0 Å². The molecule has 3 aliphatic carbocycles. The SMILES string of the molecule is C=C[C@@]1(C)CC[C@]2(O)C(CCC3[C@](C)(COC(=O)CC(=O)OC)CCC[C@@]32C)C1. The van der Waals surface area contributed by atoms with E-state index in [4.69, 9.17) is 4.74 Å². The van der Waals surface area contributed by atoms with Gasteiger partial charge < -0.3 is 14.6 Å². The summed E-state index contributed by atoms with van der Waals surface area (Å²) in [4.78, 5) is 23.4. The number of hydrogen-bond donors (Lipinski definition) is 1. The number of allylic oxidation sites excluding steroid dienone is 1. The molecule has 29 heavy (non-hydrogen) atoms. The minimum absolute atomic E-state index is 0.113. The van der Waals surface area contributed by atoms with Gasteiger partial charge in [0.2, 0.25) is 0 Å². The molecule has 0 aromatic heterocycles. The van der Waals surface area contributed by atoms with Crippen molar-refractivity contribution in [2.75, 3.05) is 13.7 Å². The lowest BCUT2D eigenvalue weighted by atomic mass is 9.41. The van der Waals surface area contributed by atoms with Gasteiger partial charge in [-0.2, -0.15) is 0 Å². The van der Waals surface area contributed by atoms with Crippen LogP contribution in [0.1, 0.15) is 78.6 Å². The van der Waals surface area contributed by atoms with Crippen molar-refractivity contribution in [3.63, 3.8) is 0 Å². The summed E-state index contributed by atoms with van der Waals surface area (Å²) >= 11 is 0. The van der Waals surface area contributed by atoms with E-state index in [1.165, 1.54) is 7.11 Å². The standard InChI is InChI=1S/C24H38O5/c1-6-21(2)12-13-24(27)17(15-21)8-9-18-22(3,10-7-11-23(18,24)4)16-29-20(26)14-19(25)28-5/h6,17-18,27H,1,7-16H2,2-5H3/t17?,18?,21-,22-,23-,24-/m0/s1. The van der Waals surface area contributed by atoms with Crippen LogP contribution in [0.25, 0.3) is 0 Å². The fourth-order valence-corrected chi connectivity index (χ4v) is 6.98. The first-order chi connectivity index (χ1) is 13.5. The molecule has 0 bridgehead atoms. The van der Waals surface area contributed by atoms with Gasteiger partial charge in [0.1, 0.15) is 6.42 Å². The van der Waals surface area contributed by atoms with Crippen LogP contribution < -0.4 is 0 Å². The summed E-state index contributed by atoms with van der Waals surface area (Å²) in [7, 11) is 1.27. The summed E-state index contributed by atoms with van der Waals surface area (Å²) in [5.74, 6) is -0.512. The Labute approximate surface area is 175 Å². The molecular formula is C24H38O5. The largest absolute Gasteiger partial charge is 0.469 e. The van der Waals surface area contributed by atoms with Crippen molar-refractivity contribution >= 4 is 11.9 Å². The van der Waals surface area contributed by atoms with E-state index < -0.39 is 17.5 Å². The molecule has 0 spiro atoms. The Morgan fingerprint density at radius 1 is 1.10 bits per heavy atom. The zero-order valence-corrected chi connectivity index (χ0v) is 18.6. The van der Waals surface area contributed by atoms with Crippen LogP contribution in [0.4, 0.5) is 0 Å². The number of methoxy groups -OCH3 is 1. The van der Waals surface area contributed by atoms with Gasteiger partial charge >= 0.3 is 11.9 Å². The molecule has 164 valence electrons. The number of ether oxygens (including phenoxy) is 2. The zero-order valence-electron chi connectivity index (χ0n) is 18.6. The van der Waals surface area contributed by atoms with Gasteiger partial charge in [-0.05, 0) is 62.2 Å². The van der Waals surface area contributed by atoms with E-state index in [0.717, 1.165) is 51.4 Å². The molecule has 0 saturated heterocycles. The van der Waals surface area contributed by atoms with Gasteiger partial charge in [-0.15, -0.1) is 6.58 Å². The Hall–Kier alpha value is -1.36. The molecular weight excluding hydrogens is 368 g/mol. The minimum Gasteiger partial charge on any atom is -0.469 e. The summed E-state index contributed by atoms with van der Waals surface area (Å²) < 4.78 is 10.1. The van der Waals surface area contributed by atoms with Crippen LogP contribution in [0.2, 0.25) is 0 Å². The number of rotatable bonds is 5. The van der Waals surface area contributed by atoms with Gasteiger partial charge in [-0.25, -0.2) is 0 Å². The second kappa shape index (κ2) is 7.72. The number of carbonyl (C=O) groups excluding carboxylic acids is 2. The Balaban J connectivity index is 1.78. The van der Waals surface area contributed by atoms with Crippen LogP contribution in [0.5, 0.6) is 0 Å². The van der Waals surface area contributed by atoms with Gasteiger partial charge in [0.15, 0.2) is 0 Å². The van der Waals surface area contributed by atoms with E-state index in [1.807, 2.05) is 0 Å². The molecule has 5 nitrogen and oxygen atoms in total. The minimum atomic E-state index is -0.670. The van der Waals surface area contributed by atoms with Crippen molar-refractivity contribution in [2.24, 2.45) is 28.1 Å². The predicted molar refractivity (Wildman–Crippen MR) is 111 cm³/mol. The average molecular weight is 407 g/mol. The highest BCUT2D eigenvalue weighted by molar-refractivity contribution is 5.91. The van der Waals surface area contributed by atoms with Gasteiger partial charge in [-0.3, -0.25) is 9.59 Å². The average Bonchev–Trinajstić information content (AvgIpc) is 2.68. The molecule has 3 fully saturated rings. The summed E-state index contributed by atoms with van der Waals surface area (Å²) in [6, 6.07) is 0. The quantitative estimate of drug-likeness (QED) is 0.416. The third kappa shape index (κ3) is 3.75. The molecule has 3 rings (SSSR count). The lowest BCUT2D eigenvalue weighted by Crippen LogP contribution is -2.65. The van der Waals surface area contributed by atoms with E-state index in [2.05, 4.69) is 38.2 Å². The van der Waals surface area contributed by atoms with Crippen molar-refractivity contribution in [3.05, 3.63) is 12.7 Å². The predicted octanol–water partition coefficient (Wildman–Crippen LogP) is 4.42. The van der Waals surface area contributed by atoms with Crippen molar-refractivity contribution in [2.45, 2.75) is 84.2 Å². The molecule has 3 saturated carbocycles. The fourth-order valence-electron chi connectivity index (χ4n) is 6.98. The lowest BCUT2D eigenvalue weighted by molar-refractivity contribution is -0.241. The van der Waals surface area contributed by atoms with Gasteiger partial charge in [0, 0.05) is 10.8 Å². The van der Waals surface area contributed by atoms with E-state index >= 15 is 0 Å². The number of aliphatic hydroxyl groups is 1. The molecule has 0 radical (unpaired) electrons. The van der Waals surface area contributed by atoms with Crippen LogP contribution in [0, 0.1) is 28.1 Å². The van der Waals surface area contributed by atoms with Gasteiger partial charge in [-0.1, -0.05) is 33.3 Å². The monoisotopic (exact) mass is 406 g/mol. The molecule has 5 heteroatoms. The van der Waals surface area contributed by atoms with Gasteiger partial charge in [0.25, 0.3) is 0 Å². The molecule has 0 aliphatic heterocycles. The van der Waals surface area contributed by atoms with Crippen LogP contribution in [0.15, 0.2) is 12.7 Å². The fraction of sp³-hybridized carbons (Fsp3) is 0.833. The van der Waals surface area contributed by atoms with E-state index in [9.17, 15) is 14.7 Å². The van der Waals surface area contributed by atoms with Crippen LogP contribution >= 0.6 is 0 Å². The molecule has 0 aromatic carbocycles. The molecule has 0 aromatic rings. The molecule has 1 N–H and O–H groups in total. The zero-order chi connectivity index (χ0) is 21.5. The molecule has 0 amide bonds. The third-order valence-corrected chi connectivity index (χ3v) is 8.88. The second-order valence-corrected chi connectivity index (χ2v) is 10.7. The number of fused-ring (bicyclic) bond motifs is 3. The molecule has 0 heterocycles. The maximum atomic E-state index is 12.1. The summed E-state index contributed by atoms with van der Waals surface area (Å²) in [5.41, 5.74) is -0.920. The van der Waals surface area contributed by atoms with E-state index in [1.54, 1.807) is 0 Å². The highest BCUT2D eigenvalue weighted by Crippen LogP contribution is 2.67. The number of carbonyl (C=O) groups is 2. The number of esters is 2. The van der Waals surface area contributed by atoms with Crippen molar-refractivity contribution in [3.8, 4) is 0 Å². The Morgan fingerprint density at radius 2 is 1.83 bits per heavy atom. The summed E-state index contributed by atoms with van der Waals surface area (Å²) in [6.45, 7) is 11.1. The first-order valence-corrected chi connectivity index (χ1v) is 11.1. The maximum Gasteiger partial charge on any atom is 0.317 e. The van der Waals surface area contributed by atoms with Crippen molar-refractivity contribution in [1.82, 2.24) is 0 Å². The Bertz CT molecular complexity index is 674. The highest BCUT2D eigenvalue weighted by Gasteiger charge is 2.64. The normalized spacial score (nSPS) is 44.2. The highest BCUT2D eigenvalue weighted by atomic mass is 16.5. The Morgan fingerprint density at radius 3 is 2.48 bits per heavy atom. The number of hydrogen-bond acceptors (Lipinski definition) is 5. The second-order valence-electron chi connectivity index (χ2n) is 10.7. The molecule has 3 aliphatic rings. The molecule has 2 unspecified atom stereocenters. The van der Waals surface area contributed by atoms with E-state index in [-0.39, 0.29) is 22.7 Å². The summed E-state index contributed by atoms with van der Waals surface area (Å²) in [6.07, 6.45) is 9.57. The lowest BCUT2D eigenvalue weighted by Gasteiger charge is -2.66. The smallest absolute Gasteiger partial charge is 0.317 e. The molecule has 6 atom stereocenters.